The number of rotatable bonds is 5. The van der Waals surface area contributed by atoms with Crippen molar-refractivity contribution in [1.29, 1.82) is 0 Å². The van der Waals surface area contributed by atoms with Crippen molar-refractivity contribution in [2.75, 3.05) is 13.7 Å². The van der Waals surface area contributed by atoms with Crippen LogP contribution in [0.1, 0.15) is 26.2 Å². The molecule has 0 aliphatic heterocycles. The van der Waals surface area contributed by atoms with Crippen LogP contribution >= 0.6 is 15.9 Å². The smallest absolute Gasteiger partial charge is 0.241 e. The van der Waals surface area contributed by atoms with Crippen LogP contribution in [0.15, 0.2) is 27.6 Å². The van der Waals surface area contributed by atoms with Crippen molar-refractivity contribution < 1.29 is 13.2 Å². The number of sulfonamides is 1. The summed E-state index contributed by atoms with van der Waals surface area (Å²) in [4.78, 5) is 0.217. The second-order valence-electron chi connectivity index (χ2n) is 5.29. The van der Waals surface area contributed by atoms with E-state index in [0.29, 0.717) is 16.8 Å². The van der Waals surface area contributed by atoms with Crippen LogP contribution in [0, 0.1) is 5.41 Å². The van der Waals surface area contributed by atoms with Crippen LogP contribution in [0.5, 0.6) is 5.75 Å². The van der Waals surface area contributed by atoms with E-state index in [9.17, 15) is 8.42 Å². The standard InChI is InChI=1S/C13H18BrNO3S/c1-13(6-3-7-13)9-15-19(16,17)12-8-10(18-2)4-5-11(12)14/h4-5,8,15H,3,6-7,9H2,1-2H3. The molecule has 1 fully saturated rings. The van der Waals surface area contributed by atoms with Gasteiger partial charge in [0.05, 0.1) is 12.0 Å². The molecular formula is C13H18BrNO3S. The molecule has 106 valence electrons. The summed E-state index contributed by atoms with van der Waals surface area (Å²) in [6, 6.07) is 4.92. The van der Waals surface area contributed by atoms with Crippen LogP contribution in [0.3, 0.4) is 0 Å². The Hall–Kier alpha value is -0.590. The average molecular weight is 348 g/mol. The number of benzene rings is 1. The third-order valence-electron chi connectivity index (χ3n) is 3.68. The molecule has 1 saturated carbocycles. The van der Waals surface area contributed by atoms with Gasteiger partial charge in [-0.25, -0.2) is 13.1 Å². The van der Waals surface area contributed by atoms with E-state index >= 15 is 0 Å². The fourth-order valence-electron chi connectivity index (χ4n) is 2.12. The summed E-state index contributed by atoms with van der Waals surface area (Å²) in [5, 5.41) is 0. The van der Waals surface area contributed by atoms with Crippen LogP contribution in [-0.4, -0.2) is 22.1 Å². The van der Waals surface area contributed by atoms with Gasteiger partial charge in [-0.2, -0.15) is 0 Å². The monoisotopic (exact) mass is 347 g/mol. The Kier molecular flexibility index (Phi) is 4.23. The van der Waals surface area contributed by atoms with Crippen LogP contribution in [0.4, 0.5) is 0 Å². The zero-order valence-corrected chi connectivity index (χ0v) is 13.5. The molecule has 1 N–H and O–H groups in total. The predicted molar refractivity (Wildman–Crippen MR) is 77.8 cm³/mol. The van der Waals surface area contributed by atoms with E-state index < -0.39 is 10.0 Å². The first-order valence-corrected chi connectivity index (χ1v) is 8.47. The molecule has 1 aliphatic rings. The second kappa shape index (κ2) is 5.42. The fourth-order valence-corrected chi connectivity index (χ4v) is 4.30. The van der Waals surface area contributed by atoms with Crippen molar-refractivity contribution in [3.63, 3.8) is 0 Å². The van der Waals surface area contributed by atoms with E-state index in [1.165, 1.54) is 19.6 Å². The summed E-state index contributed by atoms with van der Waals surface area (Å²) in [6.45, 7) is 2.60. The van der Waals surface area contributed by atoms with Gasteiger partial charge in [-0.3, -0.25) is 0 Å². The van der Waals surface area contributed by atoms with Gasteiger partial charge in [0, 0.05) is 17.1 Å². The first-order chi connectivity index (χ1) is 8.86. The minimum Gasteiger partial charge on any atom is -0.497 e. The molecule has 0 heterocycles. The zero-order chi connectivity index (χ0) is 14.1. The lowest BCUT2D eigenvalue weighted by molar-refractivity contribution is 0.166. The number of hydrogen-bond donors (Lipinski definition) is 1. The van der Waals surface area contributed by atoms with Gasteiger partial charge in [0.2, 0.25) is 10.0 Å². The number of nitrogens with one attached hydrogen (secondary N) is 1. The van der Waals surface area contributed by atoms with E-state index in [1.807, 2.05) is 0 Å². The molecule has 0 radical (unpaired) electrons. The van der Waals surface area contributed by atoms with Gasteiger partial charge in [0.15, 0.2) is 0 Å². The van der Waals surface area contributed by atoms with E-state index in [1.54, 1.807) is 12.1 Å². The number of hydrogen-bond acceptors (Lipinski definition) is 3. The van der Waals surface area contributed by atoms with Crippen molar-refractivity contribution in [3.8, 4) is 5.75 Å². The molecule has 0 amide bonds. The molecule has 1 aromatic carbocycles. The third kappa shape index (κ3) is 3.30. The maximum atomic E-state index is 12.3. The maximum Gasteiger partial charge on any atom is 0.241 e. The molecular weight excluding hydrogens is 330 g/mol. The summed E-state index contributed by atoms with van der Waals surface area (Å²) in [6.07, 6.45) is 3.34. The summed E-state index contributed by atoms with van der Waals surface area (Å²) < 4.78 is 32.9. The molecule has 1 aromatic rings. The van der Waals surface area contributed by atoms with Crippen LogP contribution in [0.25, 0.3) is 0 Å². The Labute approximate surface area is 122 Å². The maximum absolute atomic E-state index is 12.3. The normalized spacial score (nSPS) is 17.8. The summed E-state index contributed by atoms with van der Waals surface area (Å²) in [5.74, 6) is 0.526. The Bertz CT molecular complexity index is 567. The molecule has 0 atom stereocenters. The van der Waals surface area contributed by atoms with Gasteiger partial charge in [-0.15, -0.1) is 0 Å². The van der Waals surface area contributed by atoms with Crippen molar-refractivity contribution in [2.45, 2.75) is 31.1 Å². The highest BCUT2D eigenvalue weighted by Gasteiger charge is 2.33. The van der Waals surface area contributed by atoms with Crippen molar-refractivity contribution in [1.82, 2.24) is 4.72 Å². The fraction of sp³-hybridized carbons (Fsp3) is 0.538. The first kappa shape index (κ1) is 14.8. The SMILES string of the molecule is COc1ccc(Br)c(S(=O)(=O)NCC2(C)CCC2)c1. The van der Waals surface area contributed by atoms with Gasteiger partial charge in [-0.05, 0) is 46.3 Å². The van der Waals surface area contributed by atoms with Gasteiger partial charge in [0.25, 0.3) is 0 Å². The van der Waals surface area contributed by atoms with Crippen LogP contribution in [-0.2, 0) is 10.0 Å². The predicted octanol–water partition coefficient (Wildman–Crippen LogP) is 2.93. The molecule has 6 heteroatoms. The Morgan fingerprint density at radius 2 is 2.11 bits per heavy atom. The molecule has 2 rings (SSSR count). The molecule has 4 nitrogen and oxygen atoms in total. The zero-order valence-electron chi connectivity index (χ0n) is 11.1. The molecule has 0 aromatic heterocycles. The Morgan fingerprint density at radius 1 is 1.42 bits per heavy atom. The summed E-state index contributed by atoms with van der Waals surface area (Å²) >= 11 is 3.27. The third-order valence-corrected chi connectivity index (χ3v) is 6.07. The van der Waals surface area contributed by atoms with Crippen molar-refractivity contribution >= 4 is 26.0 Å². The molecule has 0 spiro atoms. The summed E-state index contributed by atoms with van der Waals surface area (Å²) in [5.41, 5.74) is 0.110. The first-order valence-electron chi connectivity index (χ1n) is 6.20. The molecule has 0 saturated heterocycles. The minimum absolute atomic E-state index is 0.110. The molecule has 0 bridgehead atoms. The summed E-state index contributed by atoms with van der Waals surface area (Å²) in [7, 11) is -1.99. The average Bonchev–Trinajstić information content (AvgIpc) is 2.34. The lowest BCUT2D eigenvalue weighted by Gasteiger charge is -2.38. The van der Waals surface area contributed by atoms with Gasteiger partial charge in [-0.1, -0.05) is 13.3 Å². The van der Waals surface area contributed by atoms with Crippen molar-refractivity contribution in [3.05, 3.63) is 22.7 Å². The van der Waals surface area contributed by atoms with Crippen LogP contribution in [0.2, 0.25) is 0 Å². The molecule has 0 unspecified atom stereocenters. The van der Waals surface area contributed by atoms with Crippen LogP contribution < -0.4 is 9.46 Å². The Morgan fingerprint density at radius 3 is 2.63 bits per heavy atom. The molecule has 1 aliphatic carbocycles. The topological polar surface area (TPSA) is 55.4 Å². The Balaban J connectivity index is 2.18. The van der Waals surface area contributed by atoms with E-state index in [0.717, 1.165) is 12.8 Å². The number of halogens is 1. The lowest BCUT2D eigenvalue weighted by atomic mass is 9.71. The van der Waals surface area contributed by atoms with E-state index in [-0.39, 0.29) is 10.3 Å². The number of methoxy groups -OCH3 is 1. The number of ether oxygens (including phenoxy) is 1. The molecule has 19 heavy (non-hydrogen) atoms. The van der Waals surface area contributed by atoms with Gasteiger partial charge in [0.1, 0.15) is 5.75 Å². The second-order valence-corrected chi connectivity index (χ2v) is 7.87. The highest BCUT2D eigenvalue weighted by Crippen LogP contribution is 2.39. The van der Waals surface area contributed by atoms with Gasteiger partial charge >= 0.3 is 0 Å². The quantitative estimate of drug-likeness (QED) is 0.890. The highest BCUT2D eigenvalue weighted by molar-refractivity contribution is 9.10. The van der Waals surface area contributed by atoms with E-state index in [2.05, 4.69) is 27.6 Å². The van der Waals surface area contributed by atoms with Gasteiger partial charge < -0.3 is 4.74 Å². The largest absolute Gasteiger partial charge is 0.497 e. The van der Waals surface area contributed by atoms with E-state index in [4.69, 9.17) is 4.74 Å². The van der Waals surface area contributed by atoms with Crippen molar-refractivity contribution in [2.24, 2.45) is 5.41 Å². The minimum atomic E-state index is -3.51. The highest BCUT2D eigenvalue weighted by atomic mass is 79.9. The lowest BCUT2D eigenvalue weighted by Crippen LogP contribution is -2.39.